The molecule has 3 rings (SSSR count). The molecule has 0 saturated carbocycles. The molecule has 0 radical (unpaired) electrons. The summed E-state index contributed by atoms with van der Waals surface area (Å²) in [6, 6.07) is 15.2. The monoisotopic (exact) mass is 280 g/mol. The summed E-state index contributed by atoms with van der Waals surface area (Å²) in [6.07, 6.45) is 0.764. The predicted octanol–water partition coefficient (Wildman–Crippen LogP) is 3.35. The normalized spacial score (nSPS) is 10.9. The average molecular weight is 280 g/mol. The van der Waals surface area contributed by atoms with Crippen molar-refractivity contribution in [3.05, 3.63) is 65.5 Å². The van der Waals surface area contributed by atoms with E-state index in [0.717, 1.165) is 23.3 Å². The van der Waals surface area contributed by atoms with Gasteiger partial charge in [0.2, 0.25) is 0 Å². The number of fused-ring (bicyclic) bond motifs is 1. The van der Waals surface area contributed by atoms with E-state index in [-0.39, 0.29) is 0 Å². The number of nitrogens with zero attached hydrogens (tertiary/aromatic N) is 2. The molecule has 1 heterocycles. The molecule has 2 aromatic carbocycles. The molecule has 4 nitrogen and oxygen atoms in total. The van der Waals surface area contributed by atoms with Gasteiger partial charge in [-0.3, -0.25) is 0 Å². The van der Waals surface area contributed by atoms with Gasteiger partial charge in [0.25, 0.3) is 0 Å². The number of aromatic nitrogens is 2. The predicted molar refractivity (Wildman–Crippen MR) is 81.6 cm³/mol. The van der Waals surface area contributed by atoms with E-state index in [4.69, 9.17) is 0 Å². The van der Waals surface area contributed by atoms with Gasteiger partial charge in [-0.25, -0.2) is 9.78 Å². The van der Waals surface area contributed by atoms with E-state index in [1.807, 2.05) is 47.9 Å². The number of hydrogen-bond acceptors (Lipinski definition) is 2. The highest BCUT2D eigenvalue weighted by molar-refractivity contribution is 6.01. The molecule has 106 valence electrons. The van der Waals surface area contributed by atoms with E-state index < -0.39 is 5.97 Å². The summed E-state index contributed by atoms with van der Waals surface area (Å²) < 4.78 is 2.01. The SMILES string of the molecule is CCc1nc2cccc(C(=O)O)c2n1Cc1ccccc1. The molecule has 4 heteroatoms. The third-order valence-electron chi connectivity index (χ3n) is 3.58. The van der Waals surface area contributed by atoms with Crippen molar-refractivity contribution in [2.45, 2.75) is 19.9 Å². The van der Waals surface area contributed by atoms with Crippen molar-refractivity contribution in [3.8, 4) is 0 Å². The van der Waals surface area contributed by atoms with Gasteiger partial charge in [-0.05, 0) is 17.7 Å². The Bertz CT molecular complexity index is 791. The molecule has 0 atom stereocenters. The van der Waals surface area contributed by atoms with Crippen LogP contribution < -0.4 is 0 Å². The second-order valence-corrected chi connectivity index (χ2v) is 4.93. The van der Waals surface area contributed by atoms with E-state index in [0.29, 0.717) is 17.6 Å². The fourth-order valence-electron chi connectivity index (χ4n) is 2.61. The van der Waals surface area contributed by atoms with Crippen LogP contribution in [0.4, 0.5) is 0 Å². The maximum Gasteiger partial charge on any atom is 0.337 e. The maximum absolute atomic E-state index is 11.5. The Morgan fingerprint density at radius 2 is 1.90 bits per heavy atom. The first-order valence-electron chi connectivity index (χ1n) is 6.96. The van der Waals surface area contributed by atoms with Gasteiger partial charge in [-0.1, -0.05) is 43.3 Å². The number of carboxylic acids is 1. The lowest BCUT2D eigenvalue weighted by atomic mass is 10.1. The lowest BCUT2D eigenvalue weighted by molar-refractivity contribution is 0.0698. The quantitative estimate of drug-likeness (QED) is 0.797. The summed E-state index contributed by atoms with van der Waals surface area (Å²) in [5.74, 6) is -0.0139. The van der Waals surface area contributed by atoms with Gasteiger partial charge >= 0.3 is 5.97 Å². The molecule has 1 aromatic heterocycles. The average Bonchev–Trinajstić information content (AvgIpc) is 2.86. The Labute approximate surface area is 122 Å². The zero-order valence-corrected chi connectivity index (χ0v) is 11.8. The van der Waals surface area contributed by atoms with Gasteiger partial charge in [0.1, 0.15) is 5.82 Å². The van der Waals surface area contributed by atoms with Crippen molar-refractivity contribution < 1.29 is 9.90 Å². The highest BCUT2D eigenvalue weighted by Crippen LogP contribution is 2.22. The topological polar surface area (TPSA) is 55.1 Å². The zero-order valence-electron chi connectivity index (χ0n) is 11.8. The van der Waals surface area contributed by atoms with E-state index in [2.05, 4.69) is 4.98 Å². The first kappa shape index (κ1) is 13.4. The van der Waals surface area contributed by atoms with Crippen LogP contribution in [0.5, 0.6) is 0 Å². The van der Waals surface area contributed by atoms with Crippen LogP contribution in [0.3, 0.4) is 0 Å². The molecular weight excluding hydrogens is 264 g/mol. The van der Waals surface area contributed by atoms with Gasteiger partial charge in [0, 0.05) is 13.0 Å². The third-order valence-corrected chi connectivity index (χ3v) is 3.58. The number of imidazole rings is 1. The molecule has 21 heavy (non-hydrogen) atoms. The highest BCUT2D eigenvalue weighted by Gasteiger charge is 2.16. The summed E-state index contributed by atoms with van der Waals surface area (Å²) in [5, 5.41) is 9.41. The minimum atomic E-state index is -0.919. The van der Waals surface area contributed by atoms with Crippen molar-refractivity contribution in [3.63, 3.8) is 0 Å². The first-order chi connectivity index (χ1) is 10.2. The summed E-state index contributed by atoms with van der Waals surface area (Å²) in [5.41, 5.74) is 2.87. The van der Waals surface area contributed by atoms with Crippen LogP contribution in [-0.2, 0) is 13.0 Å². The lowest BCUT2D eigenvalue weighted by Gasteiger charge is -2.09. The standard InChI is InChI=1S/C17H16N2O2/c1-2-15-18-14-10-6-9-13(17(20)21)16(14)19(15)11-12-7-4-3-5-8-12/h3-10H,2,11H2,1H3,(H,20,21). The molecule has 0 saturated heterocycles. The molecule has 0 fully saturated rings. The van der Waals surface area contributed by atoms with Gasteiger partial charge in [-0.2, -0.15) is 0 Å². The number of benzene rings is 2. The van der Waals surface area contributed by atoms with E-state index >= 15 is 0 Å². The van der Waals surface area contributed by atoms with E-state index in [9.17, 15) is 9.90 Å². The van der Waals surface area contributed by atoms with Gasteiger partial charge < -0.3 is 9.67 Å². The molecule has 0 aliphatic heterocycles. The fraction of sp³-hybridized carbons (Fsp3) is 0.176. The largest absolute Gasteiger partial charge is 0.478 e. The van der Waals surface area contributed by atoms with E-state index in [1.165, 1.54) is 0 Å². The van der Waals surface area contributed by atoms with Crippen LogP contribution in [0.2, 0.25) is 0 Å². The number of aromatic carboxylic acids is 1. The van der Waals surface area contributed by atoms with Gasteiger partial charge in [0.05, 0.1) is 16.6 Å². The summed E-state index contributed by atoms with van der Waals surface area (Å²) >= 11 is 0. The third kappa shape index (κ3) is 2.40. The zero-order chi connectivity index (χ0) is 14.8. The molecule has 0 bridgehead atoms. The van der Waals surface area contributed by atoms with Crippen LogP contribution in [0.15, 0.2) is 48.5 Å². The minimum Gasteiger partial charge on any atom is -0.478 e. The van der Waals surface area contributed by atoms with Crippen LogP contribution in [-0.4, -0.2) is 20.6 Å². The first-order valence-corrected chi connectivity index (χ1v) is 6.96. The fourth-order valence-corrected chi connectivity index (χ4v) is 2.61. The maximum atomic E-state index is 11.5. The van der Waals surface area contributed by atoms with Crippen molar-refractivity contribution >= 4 is 17.0 Å². The van der Waals surface area contributed by atoms with Crippen molar-refractivity contribution in [2.24, 2.45) is 0 Å². The Balaban J connectivity index is 2.21. The summed E-state index contributed by atoms with van der Waals surface area (Å²) in [6.45, 7) is 2.66. The second kappa shape index (κ2) is 5.40. The highest BCUT2D eigenvalue weighted by atomic mass is 16.4. The van der Waals surface area contributed by atoms with Crippen molar-refractivity contribution in [2.75, 3.05) is 0 Å². The van der Waals surface area contributed by atoms with Gasteiger partial charge in [-0.15, -0.1) is 0 Å². The van der Waals surface area contributed by atoms with Crippen LogP contribution >= 0.6 is 0 Å². The lowest BCUT2D eigenvalue weighted by Crippen LogP contribution is -2.07. The molecule has 1 N–H and O–H groups in total. The number of carbonyl (C=O) groups is 1. The summed E-state index contributed by atoms with van der Waals surface area (Å²) in [4.78, 5) is 16.0. The molecule has 0 unspecified atom stereocenters. The van der Waals surface area contributed by atoms with E-state index in [1.54, 1.807) is 12.1 Å². The summed E-state index contributed by atoms with van der Waals surface area (Å²) in [7, 11) is 0. The Morgan fingerprint density at radius 3 is 2.57 bits per heavy atom. The van der Waals surface area contributed by atoms with Crippen LogP contribution in [0.1, 0.15) is 28.7 Å². The number of rotatable bonds is 4. The number of para-hydroxylation sites is 1. The smallest absolute Gasteiger partial charge is 0.337 e. The molecule has 0 spiro atoms. The second-order valence-electron chi connectivity index (χ2n) is 4.93. The van der Waals surface area contributed by atoms with Gasteiger partial charge in [0.15, 0.2) is 0 Å². The number of hydrogen-bond donors (Lipinski definition) is 1. The number of carboxylic acid groups (broad SMARTS) is 1. The van der Waals surface area contributed by atoms with Crippen molar-refractivity contribution in [1.82, 2.24) is 9.55 Å². The Hall–Kier alpha value is -2.62. The Morgan fingerprint density at radius 1 is 1.14 bits per heavy atom. The molecule has 3 aromatic rings. The molecular formula is C17H16N2O2. The minimum absolute atomic E-state index is 0.302. The molecule has 0 aliphatic carbocycles. The molecule has 0 aliphatic rings. The Kier molecular flexibility index (Phi) is 3.44. The van der Waals surface area contributed by atoms with Crippen molar-refractivity contribution in [1.29, 1.82) is 0 Å². The van der Waals surface area contributed by atoms with Crippen LogP contribution in [0, 0.1) is 0 Å². The number of aryl methyl sites for hydroxylation is 1. The van der Waals surface area contributed by atoms with Crippen LogP contribution in [0.25, 0.3) is 11.0 Å². The molecule has 0 amide bonds.